The number of aromatic nitrogens is 2. The lowest BCUT2D eigenvalue weighted by Crippen LogP contribution is -2.31. The highest BCUT2D eigenvalue weighted by Gasteiger charge is 2.14. The number of rotatable bonds is 4. The maximum atomic E-state index is 12.3. The molecule has 1 N–H and O–H groups in total. The van der Waals surface area contributed by atoms with Crippen LogP contribution in [0, 0.1) is 0 Å². The summed E-state index contributed by atoms with van der Waals surface area (Å²) in [5.41, 5.74) is 2.51. The summed E-state index contributed by atoms with van der Waals surface area (Å²) in [5, 5.41) is 2.89. The van der Waals surface area contributed by atoms with Crippen molar-refractivity contribution in [2.45, 2.75) is 39.0 Å². The van der Waals surface area contributed by atoms with Gasteiger partial charge in [0.25, 0.3) is 5.91 Å². The van der Waals surface area contributed by atoms with Crippen LogP contribution >= 0.6 is 0 Å². The van der Waals surface area contributed by atoms with Crippen molar-refractivity contribution in [2.24, 2.45) is 0 Å². The molecule has 5 nitrogen and oxygen atoms in total. The molecule has 1 saturated heterocycles. The van der Waals surface area contributed by atoms with E-state index in [2.05, 4.69) is 34.0 Å². The van der Waals surface area contributed by atoms with Gasteiger partial charge in [-0.2, -0.15) is 0 Å². The predicted molar refractivity (Wildman–Crippen MR) is 96.6 cm³/mol. The van der Waals surface area contributed by atoms with Gasteiger partial charge in [-0.1, -0.05) is 26.0 Å². The highest BCUT2D eigenvalue weighted by Crippen LogP contribution is 2.18. The summed E-state index contributed by atoms with van der Waals surface area (Å²) in [7, 11) is 0. The van der Waals surface area contributed by atoms with Gasteiger partial charge in [0.05, 0.1) is 5.56 Å². The van der Waals surface area contributed by atoms with E-state index in [-0.39, 0.29) is 5.91 Å². The molecular weight excluding hydrogens is 300 g/mol. The second-order valence-electron chi connectivity index (χ2n) is 6.55. The monoisotopic (exact) mass is 324 g/mol. The molecule has 1 aliphatic rings. The van der Waals surface area contributed by atoms with Crippen LogP contribution in [-0.4, -0.2) is 29.0 Å². The highest BCUT2D eigenvalue weighted by atomic mass is 16.1. The molecule has 1 fully saturated rings. The van der Waals surface area contributed by atoms with Gasteiger partial charge in [0, 0.05) is 31.2 Å². The quantitative estimate of drug-likeness (QED) is 0.928. The largest absolute Gasteiger partial charge is 0.341 e. The Balaban J connectivity index is 1.64. The van der Waals surface area contributed by atoms with E-state index in [1.807, 2.05) is 24.3 Å². The van der Waals surface area contributed by atoms with Crippen molar-refractivity contribution in [3.63, 3.8) is 0 Å². The molecule has 1 aromatic heterocycles. The molecule has 0 atom stereocenters. The summed E-state index contributed by atoms with van der Waals surface area (Å²) in [4.78, 5) is 23.2. The summed E-state index contributed by atoms with van der Waals surface area (Å²) in [6, 6.07) is 7.93. The fourth-order valence-corrected chi connectivity index (χ4v) is 2.85. The number of benzene rings is 1. The van der Waals surface area contributed by atoms with Crippen molar-refractivity contribution < 1.29 is 4.79 Å². The van der Waals surface area contributed by atoms with Gasteiger partial charge < -0.3 is 10.2 Å². The zero-order valence-electron chi connectivity index (χ0n) is 14.3. The van der Waals surface area contributed by atoms with Gasteiger partial charge in [-0.05, 0) is 42.9 Å². The maximum absolute atomic E-state index is 12.3. The average molecular weight is 324 g/mol. The Morgan fingerprint density at radius 1 is 1.04 bits per heavy atom. The Morgan fingerprint density at radius 2 is 1.67 bits per heavy atom. The molecule has 0 unspecified atom stereocenters. The van der Waals surface area contributed by atoms with Crippen molar-refractivity contribution in [3.05, 3.63) is 47.8 Å². The molecule has 2 aromatic rings. The second kappa shape index (κ2) is 7.43. The molecule has 24 heavy (non-hydrogen) atoms. The summed E-state index contributed by atoms with van der Waals surface area (Å²) in [6.45, 7) is 6.28. The van der Waals surface area contributed by atoms with E-state index in [0.717, 1.165) is 18.8 Å². The van der Waals surface area contributed by atoms with Crippen molar-refractivity contribution in [2.75, 3.05) is 23.3 Å². The predicted octanol–water partition coefficient (Wildman–Crippen LogP) is 3.84. The van der Waals surface area contributed by atoms with Crippen LogP contribution in [0.5, 0.6) is 0 Å². The molecule has 1 aliphatic heterocycles. The third-order valence-corrected chi connectivity index (χ3v) is 4.37. The zero-order chi connectivity index (χ0) is 16.9. The van der Waals surface area contributed by atoms with Crippen LogP contribution in [0.1, 0.15) is 54.9 Å². The summed E-state index contributed by atoms with van der Waals surface area (Å²) in [6.07, 6.45) is 6.84. The molecule has 0 saturated carbocycles. The van der Waals surface area contributed by atoms with Gasteiger partial charge in [0.1, 0.15) is 0 Å². The Bertz CT molecular complexity index is 674. The Morgan fingerprint density at radius 3 is 2.25 bits per heavy atom. The van der Waals surface area contributed by atoms with E-state index in [9.17, 15) is 4.79 Å². The minimum atomic E-state index is -0.183. The molecule has 3 rings (SSSR count). The fourth-order valence-electron chi connectivity index (χ4n) is 2.85. The molecule has 126 valence electrons. The number of amides is 1. The molecule has 5 heteroatoms. The average Bonchev–Trinajstić information content (AvgIpc) is 2.63. The standard InChI is InChI=1S/C19H24N4O/c1-14(2)15-6-8-17(9-7-15)22-18(24)16-12-20-19(21-13-16)23-10-4-3-5-11-23/h6-9,12-14H,3-5,10-11H2,1-2H3,(H,22,24). The van der Waals surface area contributed by atoms with Gasteiger partial charge in [-0.15, -0.1) is 0 Å². The first-order chi connectivity index (χ1) is 11.6. The third-order valence-electron chi connectivity index (χ3n) is 4.37. The van der Waals surface area contributed by atoms with Crippen LogP contribution < -0.4 is 10.2 Å². The lowest BCUT2D eigenvalue weighted by Gasteiger charge is -2.26. The molecule has 2 heterocycles. The van der Waals surface area contributed by atoms with E-state index >= 15 is 0 Å². The van der Waals surface area contributed by atoms with Gasteiger partial charge in [0.2, 0.25) is 5.95 Å². The molecule has 1 amide bonds. The number of nitrogens with zero attached hydrogens (tertiary/aromatic N) is 3. The van der Waals surface area contributed by atoms with Gasteiger partial charge in [-0.3, -0.25) is 4.79 Å². The minimum Gasteiger partial charge on any atom is -0.341 e. The van der Waals surface area contributed by atoms with Crippen LogP contribution in [0.15, 0.2) is 36.7 Å². The normalized spacial score (nSPS) is 14.7. The summed E-state index contributed by atoms with van der Waals surface area (Å²) >= 11 is 0. The van der Waals surface area contributed by atoms with Crippen molar-refractivity contribution in [1.82, 2.24) is 9.97 Å². The lowest BCUT2D eigenvalue weighted by molar-refractivity contribution is 0.102. The maximum Gasteiger partial charge on any atom is 0.258 e. The van der Waals surface area contributed by atoms with Crippen molar-refractivity contribution in [3.8, 4) is 0 Å². The molecular formula is C19H24N4O. The zero-order valence-corrected chi connectivity index (χ0v) is 14.3. The molecule has 0 bridgehead atoms. The van der Waals surface area contributed by atoms with E-state index in [1.54, 1.807) is 12.4 Å². The van der Waals surface area contributed by atoms with Crippen LogP contribution in [0.3, 0.4) is 0 Å². The van der Waals surface area contributed by atoms with Gasteiger partial charge in [-0.25, -0.2) is 9.97 Å². The first-order valence-electron chi connectivity index (χ1n) is 8.62. The Labute approximate surface area is 143 Å². The van der Waals surface area contributed by atoms with Crippen LogP contribution in [-0.2, 0) is 0 Å². The van der Waals surface area contributed by atoms with Gasteiger partial charge in [0.15, 0.2) is 0 Å². The first-order valence-corrected chi connectivity index (χ1v) is 8.62. The number of piperidine rings is 1. The second-order valence-corrected chi connectivity index (χ2v) is 6.55. The van der Waals surface area contributed by atoms with E-state index in [4.69, 9.17) is 0 Å². The number of hydrogen-bond acceptors (Lipinski definition) is 4. The topological polar surface area (TPSA) is 58.1 Å². The third kappa shape index (κ3) is 3.91. The summed E-state index contributed by atoms with van der Waals surface area (Å²) < 4.78 is 0. The minimum absolute atomic E-state index is 0.183. The van der Waals surface area contributed by atoms with Crippen molar-refractivity contribution >= 4 is 17.5 Å². The Hall–Kier alpha value is -2.43. The lowest BCUT2D eigenvalue weighted by atomic mass is 10.0. The molecule has 0 spiro atoms. The smallest absolute Gasteiger partial charge is 0.258 e. The van der Waals surface area contributed by atoms with Gasteiger partial charge >= 0.3 is 0 Å². The molecule has 0 aliphatic carbocycles. The number of hydrogen-bond donors (Lipinski definition) is 1. The van der Waals surface area contributed by atoms with E-state index < -0.39 is 0 Å². The first kappa shape index (κ1) is 16.4. The highest BCUT2D eigenvalue weighted by molar-refractivity contribution is 6.03. The summed E-state index contributed by atoms with van der Waals surface area (Å²) in [5.74, 6) is 1.01. The molecule has 1 aromatic carbocycles. The fraction of sp³-hybridized carbons (Fsp3) is 0.421. The van der Waals surface area contributed by atoms with E-state index in [0.29, 0.717) is 17.4 Å². The number of anilines is 2. The number of carbonyl (C=O) groups excluding carboxylic acids is 1. The van der Waals surface area contributed by atoms with Crippen LogP contribution in [0.25, 0.3) is 0 Å². The number of nitrogens with one attached hydrogen (secondary N) is 1. The number of carbonyl (C=O) groups is 1. The van der Waals surface area contributed by atoms with Crippen molar-refractivity contribution in [1.29, 1.82) is 0 Å². The molecule has 0 radical (unpaired) electrons. The van der Waals surface area contributed by atoms with Crippen LogP contribution in [0.2, 0.25) is 0 Å². The SMILES string of the molecule is CC(C)c1ccc(NC(=O)c2cnc(N3CCCCC3)nc2)cc1. The van der Waals surface area contributed by atoms with Crippen LogP contribution in [0.4, 0.5) is 11.6 Å². The Kier molecular flexibility index (Phi) is 5.08. The van der Waals surface area contributed by atoms with E-state index in [1.165, 1.54) is 24.8 Å².